The standard InChI is InChI=1S/C52H66N4O40S8/c1-49(2,27-87-97(63,64)65)41(95-103(81,82)83)47(59)55-43(39-37(93-101(75,76)77)35(91-99(69,70)71)25-51(61,89-39)23-29-11-7-5-8-12-29)53-45(57)33-19-15-31(16-20-33)32-17-21-34(22-18-32)46(58)54-44(56-48(60)42(96-104(84,85)86)50(3,4)28-88-98(66,67)68)40-38(94-102(78,79)80)36(92-100(72,73)74)26-52(62,90-40)24-30-13-9-6-10-14-30/h5-22,35-44,61-62H,23-28H2,1-4H3,(H,53,57)(H,54,58)(H,55,59)(H,56,60)(H,63,64,65)(H,66,67,68)(H,69,70,71)(H,72,73,74)(H,75,76,77)(H,78,79,80)(H,81,82,83)(H,84,85,86)/t35-,36-,37+,38+,39+,40+,41+,42+,43?,44?,51+,52+/m1/s1. The van der Waals surface area contributed by atoms with Crippen molar-refractivity contribution in [2.45, 2.75) is 126 Å². The van der Waals surface area contributed by atoms with Crippen LogP contribution in [0.25, 0.3) is 11.1 Å². The average Bonchev–Trinajstić information content (AvgIpc) is 0.767. The van der Waals surface area contributed by atoms with Crippen molar-refractivity contribution in [3.63, 3.8) is 0 Å². The van der Waals surface area contributed by atoms with E-state index in [2.05, 4.69) is 35.7 Å². The van der Waals surface area contributed by atoms with Gasteiger partial charge in [-0.1, -0.05) is 113 Å². The number of carbonyl (C=O) groups excluding carboxylic acids is 4. The molecule has 0 radical (unpaired) electrons. The second kappa shape index (κ2) is 33.0. The van der Waals surface area contributed by atoms with Gasteiger partial charge in [-0.05, 0) is 46.5 Å². The molecule has 2 saturated heterocycles. The van der Waals surface area contributed by atoms with Crippen LogP contribution in [-0.2, 0) is 149 Å². The smallest absolute Gasteiger partial charge is 0.365 e. The van der Waals surface area contributed by atoms with Crippen molar-refractivity contribution in [3.8, 4) is 11.1 Å². The molecular formula is C52H66N4O40S8. The fourth-order valence-electron chi connectivity index (χ4n) is 10.4. The van der Waals surface area contributed by atoms with E-state index >= 15 is 0 Å². The van der Waals surface area contributed by atoms with E-state index in [9.17, 15) is 133 Å². The first-order valence-corrected chi connectivity index (χ1v) is 39.7. The molecule has 0 saturated carbocycles. The molecular weight excluding hydrogens is 1580 g/mol. The van der Waals surface area contributed by atoms with Crippen LogP contribution in [0.4, 0.5) is 0 Å². The monoisotopic (exact) mass is 1640 g/mol. The van der Waals surface area contributed by atoms with Crippen LogP contribution in [0.15, 0.2) is 109 Å². The van der Waals surface area contributed by atoms with E-state index in [-0.39, 0.29) is 22.3 Å². The lowest BCUT2D eigenvalue weighted by molar-refractivity contribution is -0.298. The molecule has 4 aromatic rings. The Morgan fingerprint density at radius 2 is 0.712 bits per heavy atom. The summed E-state index contributed by atoms with van der Waals surface area (Å²) in [6.07, 6.45) is -30.5. The zero-order valence-corrected chi connectivity index (χ0v) is 59.9. The Balaban J connectivity index is 1.42. The molecule has 12 atom stereocenters. The Hall–Kier alpha value is -6.44. The van der Waals surface area contributed by atoms with Gasteiger partial charge in [0.05, 0.1) is 13.2 Å². The largest absolute Gasteiger partial charge is 0.398 e. The van der Waals surface area contributed by atoms with Crippen molar-refractivity contribution in [3.05, 3.63) is 131 Å². The third-order valence-corrected chi connectivity index (χ3v) is 18.3. The van der Waals surface area contributed by atoms with Crippen molar-refractivity contribution in [1.82, 2.24) is 21.3 Å². The van der Waals surface area contributed by atoms with Crippen LogP contribution in [0.5, 0.6) is 0 Å². The summed E-state index contributed by atoms with van der Waals surface area (Å²) < 4.78 is 321. The molecule has 2 aliphatic heterocycles. The average molecular weight is 1640 g/mol. The predicted octanol–water partition coefficient (Wildman–Crippen LogP) is -2.04. The molecule has 2 fully saturated rings. The maximum absolute atomic E-state index is 14.5. The van der Waals surface area contributed by atoms with Crippen molar-refractivity contribution in [2.24, 2.45) is 10.8 Å². The molecule has 6 rings (SSSR count). The first-order valence-electron chi connectivity index (χ1n) is 28.8. The SMILES string of the molecule is CC(C)(COS(=O)(=O)O)[C@@H](OS(=O)(=O)O)C(=O)NC(NC(=O)c1ccc(-c2ccc(C(=O)NC(NC(=O)[C@H](OS(=O)(=O)O)C(C)(C)COS(=O)(=O)O)[C@H]3O[C@@](O)(Cc4ccccc4)C[C@@H](OS(=O)(=O)O)[C@@H]3OS(=O)(=O)O)cc2)cc1)[C@H]1O[C@@](O)(Cc2ccccc2)C[C@@H](OS(=O)(=O)O)[C@@H]1OS(=O)(=O)O. The number of nitrogens with one attached hydrogen (secondary N) is 4. The highest BCUT2D eigenvalue weighted by atomic mass is 32.3. The maximum Gasteiger partial charge on any atom is 0.398 e. The lowest BCUT2D eigenvalue weighted by Gasteiger charge is -2.47. The number of rotatable bonds is 35. The molecule has 44 nitrogen and oxygen atoms in total. The van der Waals surface area contributed by atoms with Crippen LogP contribution in [0.2, 0.25) is 0 Å². The lowest BCUT2D eigenvalue weighted by Crippen LogP contribution is -2.68. The highest BCUT2D eigenvalue weighted by molar-refractivity contribution is 7.82. The molecule has 4 aromatic carbocycles. The van der Waals surface area contributed by atoms with Gasteiger partial charge in [0.25, 0.3) is 23.6 Å². The minimum absolute atomic E-state index is 0.102. The van der Waals surface area contributed by atoms with Crippen molar-refractivity contribution in [2.75, 3.05) is 13.2 Å². The Morgan fingerprint density at radius 3 is 0.971 bits per heavy atom. The quantitative estimate of drug-likeness (QED) is 0.0174. The van der Waals surface area contributed by atoms with E-state index in [1.54, 1.807) is 0 Å². The van der Waals surface area contributed by atoms with Gasteiger partial charge in [-0.25, -0.2) is 33.5 Å². The molecule has 2 unspecified atom stereocenters. The molecule has 582 valence electrons. The van der Waals surface area contributed by atoms with Gasteiger partial charge in [0.15, 0.2) is 23.8 Å². The second-order valence-electron chi connectivity index (χ2n) is 24.1. The van der Waals surface area contributed by atoms with E-state index in [1.165, 1.54) is 60.7 Å². The van der Waals surface area contributed by atoms with Gasteiger partial charge in [-0.2, -0.15) is 67.3 Å². The molecule has 0 aromatic heterocycles. The Kier molecular flexibility index (Phi) is 27.4. The number of amides is 4. The number of aliphatic hydroxyl groups is 2. The van der Waals surface area contributed by atoms with E-state index in [4.69, 9.17) is 17.8 Å². The minimum Gasteiger partial charge on any atom is -0.365 e. The summed E-state index contributed by atoms with van der Waals surface area (Å²) in [5.74, 6) is -12.3. The molecule has 52 heteroatoms. The molecule has 0 spiro atoms. The molecule has 2 heterocycles. The van der Waals surface area contributed by atoms with E-state index in [1.807, 2.05) is 10.6 Å². The minimum atomic E-state index is -5.91. The topological polar surface area (TPSA) is 684 Å². The van der Waals surface area contributed by atoms with Crippen LogP contribution in [-0.4, -0.2) is 224 Å². The van der Waals surface area contributed by atoms with E-state index in [0.29, 0.717) is 0 Å². The van der Waals surface area contributed by atoms with Gasteiger partial charge >= 0.3 is 83.2 Å². The Labute approximate surface area is 593 Å². The van der Waals surface area contributed by atoms with Crippen LogP contribution < -0.4 is 21.3 Å². The number of benzene rings is 4. The van der Waals surface area contributed by atoms with Crippen molar-refractivity contribution in [1.29, 1.82) is 0 Å². The number of hydrogen-bond acceptors (Lipinski definition) is 32. The second-order valence-corrected chi connectivity index (χ2v) is 32.6. The van der Waals surface area contributed by atoms with Crippen LogP contribution >= 0.6 is 0 Å². The first kappa shape index (κ1) is 86.5. The normalized spacial score (nSPS) is 23.1. The first-order chi connectivity index (χ1) is 47.3. The molecule has 4 amide bonds. The van der Waals surface area contributed by atoms with Crippen LogP contribution in [0, 0.1) is 10.8 Å². The summed E-state index contributed by atoms with van der Waals surface area (Å²) >= 11 is 0. The Bertz CT molecular complexity index is 4420. The Morgan fingerprint density at radius 1 is 0.423 bits per heavy atom. The number of ether oxygens (including phenoxy) is 2. The van der Waals surface area contributed by atoms with E-state index < -0.39 is 240 Å². The molecule has 2 aliphatic rings. The third-order valence-electron chi connectivity index (χ3n) is 14.7. The highest BCUT2D eigenvalue weighted by Crippen LogP contribution is 2.39. The van der Waals surface area contributed by atoms with Crippen molar-refractivity contribution >= 4 is 107 Å². The van der Waals surface area contributed by atoms with Gasteiger partial charge in [-0.3, -0.25) is 55.6 Å². The van der Waals surface area contributed by atoms with Gasteiger partial charge in [0.2, 0.25) is 0 Å². The molecule has 14 N–H and O–H groups in total. The van der Waals surface area contributed by atoms with Crippen LogP contribution in [0.1, 0.15) is 72.4 Å². The summed E-state index contributed by atoms with van der Waals surface area (Å²) in [5.41, 5.74) is -5.19. The predicted molar refractivity (Wildman–Crippen MR) is 341 cm³/mol. The van der Waals surface area contributed by atoms with Crippen molar-refractivity contribution < 1.29 is 176 Å². The summed E-state index contributed by atoms with van der Waals surface area (Å²) in [7, 11) is -45.8. The van der Waals surface area contributed by atoms with Gasteiger partial charge in [-0.15, -0.1) is 0 Å². The summed E-state index contributed by atoms with van der Waals surface area (Å²) in [6, 6.07) is 22.9. The number of carbonyl (C=O) groups is 4. The van der Waals surface area contributed by atoms with E-state index in [0.717, 1.165) is 76.2 Å². The third kappa shape index (κ3) is 27.7. The summed E-state index contributed by atoms with van der Waals surface area (Å²) in [6.45, 7) is 0.664. The van der Waals surface area contributed by atoms with Gasteiger partial charge in [0.1, 0.15) is 49.0 Å². The molecule has 0 bridgehead atoms. The summed E-state index contributed by atoms with van der Waals surface area (Å²) in [5, 5.41) is 32.3. The highest BCUT2D eigenvalue weighted by Gasteiger charge is 2.57. The fraction of sp³-hybridized carbons (Fsp3) is 0.462. The van der Waals surface area contributed by atoms with Gasteiger partial charge in [0, 0.05) is 47.6 Å². The fourth-order valence-corrected chi connectivity index (χ4v) is 14.5. The van der Waals surface area contributed by atoms with Crippen LogP contribution in [0.3, 0.4) is 0 Å². The zero-order chi connectivity index (χ0) is 78.4. The maximum atomic E-state index is 14.5. The number of hydrogen-bond donors (Lipinski definition) is 14. The zero-order valence-electron chi connectivity index (χ0n) is 53.4. The lowest BCUT2D eigenvalue weighted by atomic mass is 9.86. The summed E-state index contributed by atoms with van der Waals surface area (Å²) in [4.78, 5) is 57.7. The molecule has 104 heavy (non-hydrogen) atoms. The van der Waals surface area contributed by atoms with Gasteiger partial charge < -0.3 is 41.0 Å². The molecule has 0 aliphatic carbocycles.